The maximum Gasteiger partial charge on any atom is 0.259 e. The van der Waals surface area contributed by atoms with Gasteiger partial charge in [0.1, 0.15) is 29.0 Å². The van der Waals surface area contributed by atoms with Gasteiger partial charge in [-0.2, -0.15) is 0 Å². The van der Waals surface area contributed by atoms with Gasteiger partial charge in [0.25, 0.3) is 5.91 Å². The first kappa shape index (κ1) is 29.9. The summed E-state index contributed by atoms with van der Waals surface area (Å²) in [5, 5.41) is 8.24. The number of amides is 2. The zero-order valence-electron chi connectivity index (χ0n) is 23.3. The fourth-order valence-corrected chi connectivity index (χ4v) is 3.81. The molecule has 3 N–H and O–H groups in total. The van der Waals surface area contributed by atoms with E-state index in [1.807, 2.05) is 19.0 Å². The monoisotopic (exact) mass is 576 g/mol. The molecule has 218 valence electrons. The number of ether oxygens (including phenoxy) is 2. The van der Waals surface area contributed by atoms with Crippen molar-refractivity contribution in [2.24, 2.45) is 0 Å². The second-order valence-electron chi connectivity index (χ2n) is 9.43. The van der Waals surface area contributed by atoms with Gasteiger partial charge in [-0.05, 0) is 63.0 Å². The van der Waals surface area contributed by atoms with Gasteiger partial charge in [-0.15, -0.1) is 0 Å². The number of hydrogen-bond donors (Lipinski definition) is 3. The first-order valence-electron chi connectivity index (χ1n) is 13.0. The molecule has 2 heterocycles. The third-order valence-electron chi connectivity index (χ3n) is 5.71. The van der Waals surface area contributed by atoms with Gasteiger partial charge in [-0.1, -0.05) is 0 Å². The van der Waals surface area contributed by atoms with Crippen LogP contribution in [0.3, 0.4) is 0 Å². The SMILES string of the molecule is CC(=O)Nc1cc(Oc2ccc(Nc3ncccc3C(=O)Nc3ccc(F)cc3OCCCN(C)C)cc2F)ccn1. The standard InChI is InChI=1S/C30H30F2N6O4/c1-19(39)35-28-18-22(11-13-33-28)42-26-10-8-21(17-24(26)32)36-29-23(6-4-12-34-29)30(40)37-25-9-7-20(31)16-27(25)41-15-5-14-38(2)3/h4,6-13,16-18H,5,14-15H2,1-3H3,(H,34,36)(H,37,40)(H,33,35,39). The predicted molar refractivity (Wildman–Crippen MR) is 156 cm³/mol. The van der Waals surface area contributed by atoms with Crippen LogP contribution in [0.1, 0.15) is 23.7 Å². The first-order chi connectivity index (χ1) is 20.2. The zero-order valence-corrected chi connectivity index (χ0v) is 23.3. The fraction of sp³-hybridized carbons (Fsp3) is 0.200. The molecule has 4 rings (SSSR count). The van der Waals surface area contributed by atoms with E-state index in [4.69, 9.17) is 9.47 Å². The lowest BCUT2D eigenvalue weighted by Gasteiger charge is -2.15. The molecule has 0 aliphatic carbocycles. The Hall–Kier alpha value is -5.10. The topological polar surface area (TPSA) is 118 Å². The van der Waals surface area contributed by atoms with Crippen molar-refractivity contribution < 1.29 is 27.8 Å². The molecular formula is C30H30F2N6O4. The summed E-state index contributed by atoms with van der Waals surface area (Å²) < 4.78 is 40.2. The first-order valence-corrected chi connectivity index (χ1v) is 13.0. The summed E-state index contributed by atoms with van der Waals surface area (Å²) in [4.78, 5) is 34.7. The summed E-state index contributed by atoms with van der Waals surface area (Å²) in [7, 11) is 3.89. The third kappa shape index (κ3) is 8.45. The highest BCUT2D eigenvalue weighted by atomic mass is 19.1. The normalized spacial score (nSPS) is 10.7. The highest BCUT2D eigenvalue weighted by Gasteiger charge is 2.17. The van der Waals surface area contributed by atoms with Crippen LogP contribution in [-0.4, -0.2) is 53.9 Å². The second-order valence-corrected chi connectivity index (χ2v) is 9.43. The Labute approximate surface area is 241 Å². The van der Waals surface area contributed by atoms with Gasteiger partial charge < -0.3 is 30.3 Å². The van der Waals surface area contributed by atoms with Gasteiger partial charge in [-0.25, -0.2) is 18.7 Å². The summed E-state index contributed by atoms with van der Waals surface area (Å²) in [5.41, 5.74) is 0.780. The van der Waals surface area contributed by atoms with E-state index in [0.717, 1.165) is 6.54 Å². The molecule has 0 atom stereocenters. The molecule has 4 aromatic rings. The molecule has 0 saturated heterocycles. The Morgan fingerprint density at radius 1 is 0.929 bits per heavy atom. The van der Waals surface area contributed by atoms with Gasteiger partial charge >= 0.3 is 0 Å². The van der Waals surface area contributed by atoms with Crippen LogP contribution in [0.4, 0.5) is 31.8 Å². The molecule has 2 amide bonds. The van der Waals surface area contributed by atoms with Crippen molar-refractivity contribution in [3.63, 3.8) is 0 Å². The van der Waals surface area contributed by atoms with Crippen molar-refractivity contribution in [3.05, 3.63) is 90.3 Å². The van der Waals surface area contributed by atoms with E-state index < -0.39 is 17.5 Å². The van der Waals surface area contributed by atoms with Crippen LogP contribution in [0, 0.1) is 11.6 Å². The Morgan fingerprint density at radius 2 is 1.76 bits per heavy atom. The lowest BCUT2D eigenvalue weighted by molar-refractivity contribution is -0.114. The number of nitrogens with zero attached hydrogens (tertiary/aromatic N) is 3. The maximum atomic E-state index is 14.9. The molecule has 0 aliphatic heterocycles. The summed E-state index contributed by atoms with van der Waals surface area (Å²) in [6.45, 7) is 2.48. The number of rotatable bonds is 12. The van der Waals surface area contributed by atoms with Crippen LogP contribution in [0.5, 0.6) is 17.2 Å². The molecular weight excluding hydrogens is 546 g/mol. The van der Waals surface area contributed by atoms with E-state index in [-0.39, 0.29) is 40.4 Å². The molecule has 2 aromatic heterocycles. The van der Waals surface area contributed by atoms with Crippen LogP contribution in [0.2, 0.25) is 0 Å². The Morgan fingerprint density at radius 3 is 2.52 bits per heavy atom. The maximum absolute atomic E-state index is 14.9. The smallest absolute Gasteiger partial charge is 0.259 e. The number of benzene rings is 2. The number of aromatic nitrogens is 2. The number of carbonyl (C=O) groups excluding carboxylic acids is 2. The summed E-state index contributed by atoms with van der Waals surface area (Å²) >= 11 is 0. The summed E-state index contributed by atoms with van der Waals surface area (Å²) in [5.74, 6) is -1.14. The van der Waals surface area contributed by atoms with Crippen LogP contribution in [-0.2, 0) is 4.79 Å². The van der Waals surface area contributed by atoms with Gasteiger partial charge in [0, 0.05) is 49.7 Å². The number of halogens is 2. The molecule has 2 aromatic carbocycles. The number of anilines is 4. The Kier molecular flexibility index (Phi) is 9.95. The summed E-state index contributed by atoms with van der Waals surface area (Å²) in [6.07, 6.45) is 3.63. The van der Waals surface area contributed by atoms with Crippen molar-refractivity contribution in [1.82, 2.24) is 14.9 Å². The molecule has 12 heteroatoms. The largest absolute Gasteiger partial charge is 0.491 e. The Balaban J connectivity index is 1.46. The number of hydrogen-bond acceptors (Lipinski definition) is 8. The summed E-state index contributed by atoms with van der Waals surface area (Å²) in [6, 6.07) is 14.2. The van der Waals surface area contributed by atoms with E-state index in [9.17, 15) is 18.4 Å². The van der Waals surface area contributed by atoms with Crippen LogP contribution in [0.15, 0.2) is 73.1 Å². The number of nitrogens with one attached hydrogen (secondary N) is 3. The van der Waals surface area contributed by atoms with Gasteiger partial charge in [0.2, 0.25) is 5.91 Å². The molecule has 0 fully saturated rings. The van der Waals surface area contributed by atoms with E-state index in [0.29, 0.717) is 24.4 Å². The second kappa shape index (κ2) is 14.0. The lowest BCUT2D eigenvalue weighted by Crippen LogP contribution is -2.17. The molecule has 0 bridgehead atoms. The van der Waals surface area contributed by atoms with Crippen molar-refractivity contribution >= 4 is 34.8 Å². The quantitative estimate of drug-likeness (QED) is 0.180. The van der Waals surface area contributed by atoms with Crippen molar-refractivity contribution in [1.29, 1.82) is 0 Å². The molecule has 10 nitrogen and oxygen atoms in total. The van der Waals surface area contributed by atoms with Crippen molar-refractivity contribution in [2.45, 2.75) is 13.3 Å². The van der Waals surface area contributed by atoms with Crippen molar-refractivity contribution in [2.75, 3.05) is 43.2 Å². The lowest BCUT2D eigenvalue weighted by atomic mass is 10.2. The minimum atomic E-state index is -0.679. The molecule has 0 saturated carbocycles. The van der Waals surface area contributed by atoms with Gasteiger partial charge in [-0.3, -0.25) is 9.59 Å². The number of carbonyl (C=O) groups is 2. The number of pyridine rings is 2. The minimum Gasteiger partial charge on any atom is -0.491 e. The van der Waals surface area contributed by atoms with E-state index in [1.54, 1.807) is 18.2 Å². The highest BCUT2D eigenvalue weighted by Crippen LogP contribution is 2.30. The molecule has 42 heavy (non-hydrogen) atoms. The van der Waals surface area contributed by atoms with Gasteiger partial charge in [0.15, 0.2) is 11.6 Å². The minimum absolute atomic E-state index is 0.0612. The fourth-order valence-electron chi connectivity index (χ4n) is 3.81. The average Bonchev–Trinajstić information content (AvgIpc) is 2.94. The third-order valence-corrected chi connectivity index (χ3v) is 5.71. The van der Waals surface area contributed by atoms with Crippen LogP contribution >= 0.6 is 0 Å². The van der Waals surface area contributed by atoms with E-state index in [1.165, 1.54) is 61.8 Å². The highest BCUT2D eigenvalue weighted by molar-refractivity contribution is 6.08. The Bertz CT molecular complexity index is 1570. The zero-order chi connectivity index (χ0) is 30.1. The van der Waals surface area contributed by atoms with Crippen LogP contribution in [0.25, 0.3) is 0 Å². The van der Waals surface area contributed by atoms with E-state index in [2.05, 4.69) is 25.9 Å². The molecule has 0 radical (unpaired) electrons. The molecule has 0 spiro atoms. The van der Waals surface area contributed by atoms with Gasteiger partial charge in [0.05, 0.1) is 17.9 Å². The average molecular weight is 577 g/mol. The molecule has 0 aliphatic rings. The van der Waals surface area contributed by atoms with Crippen LogP contribution < -0.4 is 25.4 Å². The van der Waals surface area contributed by atoms with Crippen molar-refractivity contribution in [3.8, 4) is 17.2 Å². The van der Waals surface area contributed by atoms with E-state index >= 15 is 0 Å². The molecule has 0 unspecified atom stereocenters. The predicted octanol–water partition coefficient (Wildman–Crippen LogP) is 5.83.